The maximum atomic E-state index is 12.7. The van der Waals surface area contributed by atoms with Crippen LogP contribution in [0.25, 0.3) is 11.5 Å². The van der Waals surface area contributed by atoms with Crippen molar-refractivity contribution < 1.29 is 4.79 Å². The molecule has 0 unspecified atom stereocenters. The van der Waals surface area contributed by atoms with E-state index in [0.717, 1.165) is 22.9 Å². The van der Waals surface area contributed by atoms with Crippen LogP contribution in [0.4, 0.5) is 11.5 Å². The maximum Gasteiger partial charge on any atom is 0.251 e. The molecule has 4 rings (SSSR count). The van der Waals surface area contributed by atoms with E-state index in [0.29, 0.717) is 30.2 Å². The highest BCUT2D eigenvalue weighted by Crippen LogP contribution is 2.17. The van der Waals surface area contributed by atoms with E-state index in [-0.39, 0.29) is 5.91 Å². The van der Waals surface area contributed by atoms with Crippen molar-refractivity contribution in [2.45, 2.75) is 13.1 Å². The fraction of sp³-hybridized carbons (Fsp3) is 0.217. The van der Waals surface area contributed by atoms with Crippen molar-refractivity contribution in [3.63, 3.8) is 0 Å². The number of anilines is 2. The van der Waals surface area contributed by atoms with Crippen molar-refractivity contribution in [1.29, 1.82) is 0 Å². The van der Waals surface area contributed by atoms with E-state index in [1.54, 1.807) is 24.5 Å². The number of benzene rings is 1. The van der Waals surface area contributed by atoms with Crippen LogP contribution < -0.4 is 15.5 Å². The lowest BCUT2D eigenvalue weighted by Gasteiger charge is -2.16. The number of amides is 1. The Balaban J connectivity index is 1.39. The number of carbonyl (C=O) groups excluding carboxylic acids is 1. The van der Waals surface area contributed by atoms with Crippen molar-refractivity contribution in [3.05, 3.63) is 78.1 Å². The van der Waals surface area contributed by atoms with E-state index in [1.165, 1.54) is 6.33 Å². The highest BCUT2D eigenvalue weighted by molar-refractivity contribution is 5.95. The lowest BCUT2D eigenvalue weighted by atomic mass is 10.1. The van der Waals surface area contributed by atoms with E-state index in [2.05, 4.69) is 35.8 Å². The fourth-order valence-corrected chi connectivity index (χ4v) is 3.36. The van der Waals surface area contributed by atoms with Gasteiger partial charge in [-0.1, -0.05) is 12.1 Å². The largest absolute Gasteiger partial charge is 0.378 e. The van der Waals surface area contributed by atoms with Crippen LogP contribution in [0.5, 0.6) is 0 Å². The quantitative estimate of drug-likeness (QED) is 0.426. The normalized spacial score (nSPS) is 10.6. The van der Waals surface area contributed by atoms with E-state index in [1.807, 2.05) is 60.9 Å². The van der Waals surface area contributed by atoms with Crippen LogP contribution >= 0.6 is 0 Å². The summed E-state index contributed by atoms with van der Waals surface area (Å²) in [6.07, 6.45) is 4.89. The summed E-state index contributed by atoms with van der Waals surface area (Å²) in [5, 5.41) is 14.8. The van der Waals surface area contributed by atoms with Gasteiger partial charge in [0.15, 0.2) is 11.6 Å². The number of hydrogen-bond donors (Lipinski definition) is 2. The lowest BCUT2D eigenvalue weighted by molar-refractivity contribution is 0.0951. The molecule has 2 N–H and O–H groups in total. The SMILES string of the molecule is CN(C)c1ncccc1CNC(=O)c1cccc(NCc2nnc(-c3ccncn3)n2C)c1. The van der Waals surface area contributed by atoms with Crippen molar-refractivity contribution in [1.82, 2.24) is 35.0 Å². The molecule has 0 fully saturated rings. The first kappa shape index (κ1) is 21.9. The minimum atomic E-state index is -0.156. The summed E-state index contributed by atoms with van der Waals surface area (Å²) in [6.45, 7) is 0.837. The van der Waals surface area contributed by atoms with Crippen LogP contribution in [0.2, 0.25) is 0 Å². The third-order valence-electron chi connectivity index (χ3n) is 5.08. The summed E-state index contributed by atoms with van der Waals surface area (Å²) in [5.74, 6) is 2.08. The molecule has 1 amide bonds. The van der Waals surface area contributed by atoms with Gasteiger partial charge in [-0.15, -0.1) is 10.2 Å². The van der Waals surface area contributed by atoms with E-state index in [4.69, 9.17) is 0 Å². The van der Waals surface area contributed by atoms with Gasteiger partial charge in [0, 0.05) is 56.9 Å². The first-order valence-corrected chi connectivity index (χ1v) is 10.4. The van der Waals surface area contributed by atoms with Gasteiger partial charge in [0.2, 0.25) is 0 Å². The Morgan fingerprint density at radius 3 is 2.70 bits per heavy atom. The molecule has 168 valence electrons. The third kappa shape index (κ3) is 5.12. The van der Waals surface area contributed by atoms with Gasteiger partial charge < -0.3 is 20.1 Å². The Labute approximate surface area is 191 Å². The van der Waals surface area contributed by atoms with Gasteiger partial charge in [-0.3, -0.25) is 4.79 Å². The second kappa shape index (κ2) is 9.86. The molecule has 1 aromatic carbocycles. The van der Waals surface area contributed by atoms with Crippen molar-refractivity contribution in [2.24, 2.45) is 7.05 Å². The van der Waals surface area contributed by atoms with Gasteiger partial charge in [-0.2, -0.15) is 0 Å². The first-order valence-electron chi connectivity index (χ1n) is 10.4. The molecule has 0 aliphatic carbocycles. The number of nitrogens with one attached hydrogen (secondary N) is 2. The van der Waals surface area contributed by atoms with Gasteiger partial charge in [0.1, 0.15) is 17.8 Å². The first-order chi connectivity index (χ1) is 16.0. The van der Waals surface area contributed by atoms with E-state index < -0.39 is 0 Å². The molecule has 10 nitrogen and oxygen atoms in total. The minimum absolute atomic E-state index is 0.156. The summed E-state index contributed by atoms with van der Waals surface area (Å²) in [6, 6.07) is 13.0. The summed E-state index contributed by atoms with van der Waals surface area (Å²) >= 11 is 0. The van der Waals surface area contributed by atoms with Crippen LogP contribution in [0, 0.1) is 0 Å². The van der Waals surface area contributed by atoms with Crippen molar-refractivity contribution in [2.75, 3.05) is 24.3 Å². The monoisotopic (exact) mass is 443 g/mol. The molecule has 33 heavy (non-hydrogen) atoms. The molecule has 0 bridgehead atoms. The average molecular weight is 444 g/mol. The minimum Gasteiger partial charge on any atom is -0.378 e. The number of aromatic nitrogens is 6. The summed E-state index contributed by atoms with van der Waals surface area (Å²) in [7, 11) is 5.74. The fourth-order valence-electron chi connectivity index (χ4n) is 3.36. The zero-order valence-electron chi connectivity index (χ0n) is 18.7. The lowest BCUT2D eigenvalue weighted by Crippen LogP contribution is -2.24. The molecular weight excluding hydrogens is 418 g/mol. The van der Waals surface area contributed by atoms with Gasteiger partial charge in [-0.05, 0) is 30.3 Å². The van der Waals surface area contributed by atoms with Gasteiger partial charge in [-0.25, -0.2) is 15.0 Å². The predicted molar refractivity (Wildman–Crippen MR) is 126 cm³/mol. The highest BCUT2D eigenvalue weighted by Gasteiger charge is 2.13. The molecule has 0 aliphatic rings. The number of carbonyl (C=O) groups is 1. The number of nitrogens with zero attached hydrogens (tertiary/aromatic N) is 7. The molecule has 0 atom stereocenters. The Bertz CT molecular complexity index is 1240. The zero-order chi connectivity index (χ0) is 23.2. The van der Waals surface area contributed by atoms with Crippen LogP contribution in [-0.2, 0) is 20.1 Å². The number of rotatable bonds is 8. The van der Waals surface area contributed by atoms with Crippen LogP contribution in [0.15, 0.2) is 61.2 Å². The Morgan fingerprint density at radius 2 is 1.91 bits per heavy atom. The molecule has 0 spiro atoms. The van der Waals surface area contributed by atoms with E-state index >= 15 is 0 Å². The average Bonchev–Trinajstić information content (AvgIpc) is 3.22. The predicted octanol–water partition coefficient (Wildman–Crippen LogP) is 2.28. The maximum absolute atomic E-state index is 12.7. The van der Waals surface area contributed by atoms with Gasteiger partial charge in [0.05, 0.1) is 6.54 Å². The Kier molecular flexibility index (Phi) is 6.53. The van der Waals surface area contributed by atoms with Crippen LogP contribution in [-0.4, -0.2) is 49.7 Å². The van der Waals surface area contributed by atoms with Crippen molar-refractivity contribution >= 4 is 17.4 Å². The molecule has 3 aromatic heterocycles. The molecule has 0 radical (unpaired) electrons. The third-order valence-corrected chi connectivity index (χ3v) is 5.08. The molecule has 10 heteroatoms. The Morgan fingerprint density at radius 1 is 1.03 bits per heavy atom. The summed E-state index contributed by atoms with van der Waals surface area (Å²) in [4.78, 5) is 27.2. The van der Waals surface area contributed by atoms with Crippen LogP contribution in [0.3, 0.4) is 0 Å². The van der Waals surface area contributed by atoms with Gasteiger partial charge in [0.25, 0.3) is 5.91 Å². The summed E-state index contributed by atoms with van der Waals surface area (Å²) in [5.41, 5.74) is 3.03. The van der Waals surface area contributed by atoms with Crippen LogP contribution in [0.1, 0.15) is 21.7 Å². The highest BCUT2D eigenvalue weighted by atomic mass is 16.1. The topological polar surface area (TPSA) is 114 Å². The molecule has 4 aromatic rings. The molecule has 0 saturated carbocycles. The molecule has 0 saturated heterocycles. The second-order valence-electron chi connectivity index (χ2n) is 7.59. The smallest absolute Gasteiger partial charge is 0.251 e. The zero-order valence-corrected chi connectivity index (χ0v) is 18.7. The van der Waals surface area contributed by atoms with Crippen molar-refractivity contribution in [3.8, 4) is 11.5 Å². The second-order valence-corrected chi connectivity index (χ2v) is 7.59. The standard InChI is InChI=1S/C23H25N9O/c1-31(2)21-17(7-5-10-25-21)13-27-23(33)16-6-4-8-18(12-16)26-14-20-29-30-22(32(20)3)19-9-11-24-15-28-19/h4-12,15,26H,13-14H2,1-3H3,(H,27,33). The molecule has 0 aliphatic heterocycles. The summed E-state index contributed by atoms with van der Waals surface area (Å²) < 4.78 is 1.88. The van der Waals surface area contributed by atoms with E-state index in [9.17, 15) is 4.79 Å². The molecule has 3 heterocycles. The van der Waals surface area contributed by atoms with Gasteiger partial charge >= 0.3 is 0 Å². The number of hydrogen-bond acceptors (Lipinski definition) is 8. The number of pyridine rings is 1. The Hall–Kier alpha value is -4.34. The molecular formula is C23H25N9O.